The Labute approximate surface area is 149 Å². The third-order valence-corrected chi connectivity index (χ3v) is 3.67. The molecule has 0 saturated carbocycles. The summed E-state index contributed by atoms with van der Waals surface area (Å²) < 4.78 is 40.2. The van der Waals surface area contributed by atoms with E-state index in [-0.39, 0.29) is 30.3 Å². The highest BCUT2D eigenvalue weighted by atomic mass is 19.4. The number of halogens is 3. The van der Waals surface area contributed by atoms with E-state index >= 15 is 0 Å². The number of alkyl halides is 3. The van der Waals surface area contributed by atoms with Crippen molar-refractivity contribution in [3.05, 3.63) is 65.7 Å². The Kier molecular flexibility index (Phi) is 6.38. The van der Waals surface area contributed by atoms with E-state index in [0.717, 1.165) is 0 Å². The first kappa shape index (κ1) is 19.5. The summed E-state index contributed by atoms with van der Waals surface area (Å²) in [5.41, 5.74) is 1.18. The van der Waals surface area contributed by atoms with Crippen molar-refractivity contribution in [2.75, 3.05) is 0 Å². The lowest BCUT2D eigenvalue weighted by molar-refractivity contribution is -0.274. The SMILES string of the molecule is CC(NC(=O)CCC(=O)c1ccccc1)c1ccc(OC(F)(F)F)cc1. The summed E-state index contributed by atoms with van der Waals surface area (Å²) in [6.45, 7) is 1.70. The number of nitrogens with one attached hydrogen (secondary N) is 1. The molecule has 1 N–H and O–H groups in total. The molecule has 0 saturated heterocycles. The van der Waals surface area contributed by atoms with E-state index in [1.807, 2.05) is 0 Å². The van der Waals surface area contributed by atoms with Crippen LogP contribution in [-0.2, 0) is 4.79 Å². The Hall–Kier alpha value is -2.83. The first-order valence-corrected chi connectivity index (χ1v) is 7.98. The highest BCUT2D eigenvalue weighted by Crippen LogP contribution is 2.24. The summed E-state index contributed by atoms with van der Waals surface area (Å²) in [5, 5.41) is 2.72. The maximum absolute atomic E-state index is 12.1. The molecule has 26 heavy (non-hydrogen) atoms. The van der Waals surface area contributed by atoms with E-state index in [9.17, 15) is 22.8 Å². The van der Waals surface area contributed by atoms with Crippen LogP contribution in [0.5, 0.6) is 5.75 Å². The van der Waals surface area contributed by atoms with E-state index in [0.29, 0.717) is 11.1 Å². The van der Waals surface area contributed by atoms with Crippen LogP contribution in [0.4, 0.5) is 13.2 Å². The van der Waals surface area contributed by atoms with Crippen molar-refractivity contribution in [3.63, 3.8) is 0 Å². The minimum absolute atomic E-state index is 0.0351. The van der Waals surface area contributed by atoms with Crippen molar-refractivity contribution in [2.24, 2.45) is 0 Å². The predicted octanol–water partition coefficient (Wildman–Crippen LogP) is 4.43. The van der Waals surface area contributed by atoms with Crippen LogP contribution in [0.25, 0.3) is 0 Å². The number of hydrogen-bond acceptors (Lipinski definition) is 3. The molecule has 7 heteroatoms. The molecule has 0 bridgehead atoms. The fraction of sp³-hybridized carbons (Fsp3) is 0.263. The topological polar surface area (TPSA) is 55.4 Å². The molecule has 0 aliphatic heterocycles. The number of amides is 1. The summed E-state index contributed by atoms with van der Waals surface area (Å²) >= 11 is 0. The first-order valence-electron chi connectivity index (χ1n) is 7.98. The average molecular weight is 365 g/mol. The van der Waals surface area contributed by atoms with Crippen LogP contribution in [0, 0.1) is 0 Å². The van der Waals surface area contributed by atoms with Gasteiger partial charge in [-0.15, -0.1) is 13.2 Å². The van der Waals surface area contributed by atoms with Crippen LogP contribution in [0.2, 0.25) is 0 Å². The van der Waals surface area contributed by atoms with Gasteiger partial charge < -0.3 is 10.1 Å². The van der Waals surface area contributed by atoms with E-state index in [2.05, 4.69) is 10.1 Å². The minimum Gasteiger partial charge on any atom is -0.406 e. The van der Waals surface area contributed by atoms with Gasteiger partial charge in [0.25, 0.3) is 0 Å². The van der Waals surface area contributed by atoms with Crippen molar-refractivity contribution in [3.8, 4) is 5.75 Å². The molecule has 2 aromatic carbocycles. The van der Waals surface area contributed by atoms with E-state index in [1.54, 1.807) is 37.3 Å². The quantitative estimate of drug-likeness (QED) is 0.739. The lowest BCUT2D eigenvalue weighted by atomic mass is 10.1. The Morgan fingerprint density at radius 2 is 1.62 bits per heavy atom. The predicted molar refractivity (Wildman–Crippen MR) is 89.7 cm³/mol. The maximum atomic E-state index is 12.1. The van der Waals surface area contributed by atoms with Gasteiger partial charge in [-0.2, -0.15) is 0 Å². The fourth-order valence-corrected chi connectivity index (χ4v) is 2.35. The largest absolute Gasteiger partial charge is 0.573 e. The summed E-state index contributed by atoms with van der Waals surface area (Å²) in [6, 6.07) is 13.5. The van der Waals surface area contributed by atoms with Gasteiger partial charge in [-0.25, -0.2) is 0 Å². The van der Waals surface area contributed by atoms with Crippen LogP contribution in [0.15, 0.2) is 54.6 Å². The number of Topliss-reactive ketones (excluding diaryl/α,β-unsaturated/α-hetero) is 1. The number of benzene rings is 2. The van der Waals surface area contributed by atoms with Crippen LogP contribution in [0.1, 0.15) is 41.7 Å². The molecule has 2 rings (SSSR count). The van der Waals surface area contributed by atoms with E-state index in [4.69, 9.17) is 0 Å². The van der Waals surface area contributed by atoms with Crippen molar-refractivity contribution in [2.45, 2.75) is 32.2 Å². The van der Waals surface area contributed by atoms with E-state index in [1.165, 1.54) is 24.3 Å². The molecule has 138 valence electrons. The van der Waals surface area contributed by atoms with Crippen LogP contribution in [-0.4, -0.2) is 18.1 Å². The first-order chi connectivity index (χ1) is 12.2. The Bertz CT molecular complexity index is 743. The fourth-order valence-electron chi connectivity index (χ4n) is 2.35. The van der Waals surface area contributed by atoms with Crippen molar-refractivity contribution in [1.82, 2.24) is 5.32 Å². The zero-order valence-corrected chi connectivity index (χ0v) is 14.0. The Morgan fingerprint density at radius 3 is 2.19 bits per heavy atom. The van der Waals surface area contributed by atoms with Gasteiger partial charge in [-0.3, -0.25) is 9.59 Å². The summed E-state index contributed by atoms with van der Waals surface area (Å²) in [7, 11) is 0. The third-order valence-electron chi connectivity index (χ3n) is 3.67. The second kappa shape index (κ2) is 8.51. The molecule has 0 spiro atoms. The molecule has 0 heterocycles. The molecule has 0 aromatic heterocycles. The number of rotatable bonds is 7. The molecule has 0 aliphatic rings. The van der Waals surface area contributed by atoms with Gasteiger partial charge in [0.05, 0.1) is 6.04 Å². The van der Waals surface area contributed by atoms with Gasteiger partial charge in [0.1, 0.15) is 5.75 Å². The minimum atomic E-state index is -4.74. The van der Waals surface area contributed by atoms with E-state index < -0.39 is 12.4 Å². The molecule has 2 aromatic rings. The summed E-state index contributed by atoms with van der Waals surface area (Å²) in [5.74, 6) is -0.757. The van der Waals surface area contributed by atoms with Crippen LogP contribution >= 0.6 is 0 Å². The van der Waals surface area contributed by atoms with Crippen molar-refractivity contribution >= 4 is 11.7 Å². The molecule has 0 aliphatic carbocycles. The zero-order valence-electron chi connectivity index (χ0n) is 14.0. The van der Waals surface area contributed by atoms with Crippen LogP contribution < -0.4 is 10.1 Å². The summed E-state index contributed by atoms with van der Waals surface area (Å²) in [4.78, 5) is 24.0. The smallest absolute Gasteiger partial charge is 0.406 e. The molecule has 1 atom stereocenters. The van der Waals surface area contributed by atoms with Gasteiger partial charge in [-0.1, -0.05) is 42.5 Å². The standard InChI is InChI=1S/C19H18F3NO3/c1-13(14-7-9-16(10-8-14)26-19(20,21)22)23-18(25)12-11-17(24)15-5-3-2-4-6-15/h2-10,13H,11-12H2,1H3,(H,23,25). The van der Waals surface area contributed by atoms with Crippen LogP contribution in [0.3, 0.4) is 0 Å². The lowest BCUT2D eigenvalue weighted by Gasteiger charge is -2.15. The third kappa shape index (κ3) is 6.23. The average Bonchev–Trinajstić information content (AvgIpc) is 2.59. The van der Waals surface area contributed by atoms with Gasteiger partial charge >= 0.3 is 6.36 Å². The normalized spacial score (nSPS) is 12.3. The van der Waals surface area contributed by atoms with Gasteiger partial charge in [0.2, 0.25) is 5.91 Å². The molecule has 1 amide bonds. The second-order valence-corrected chi connectivity index (χ2v) is 5.70. The van der Waals surface area contributed by atoms with Gasteiger partial charge in [-0.05, 0) is 24.6 Å². The summed E-state index contributed by atoms with van der Waals surface area (Å²) in [6.07, 6.45) is -4.62. The highest BCUT2D eigenvalue weighted by Gasteiger charge is 2.31. The van der Waals surface area contributed by atoms with Crippen molar-refractivity contribution < 1.29 is 27.5 Å². The van der Waals surface area contributed by atoms with Gasteiger partial charge in [0.15, 0.2) is 5.78 Å². The highest BCUT2D eigenvalue weighted by molar-refractivity contribution is 5.97. The monoisotopic (exact) mass is 365 g/mol. The number of ether oxygens (including phenoxy) is 1. The second-order valence-electron chi connectivity index (χ2n) is 5.70. The number of hydrogen-bond donors (Lipinski definition) is 1. The number of ketones is 1. The van der Waals surface area contributed by atoms with Crippen molar-refractivity contribution in [1.29, 1.82) is 0 Å². The molecule has 1 unspecified atom stereocenters. The van der Waals surface area contributed by atoms with Gasteiger partial charge in [0, 0.05) is 18.4 Å². The maximum Gasteiger partial charge on any atom is 0.573 e. The molecular formula is C19H18F3NO3. The molecular weight excluding hydrogens is 347 g/mol. The number of carbonyl (C=O) groups is 2. The number of carbonyl (C=O) groups excluding carboxylic acids is 2. The Morgan fingerprint density at radius 1 is 1.00 bits per heavy atom. The molecule has 0 radical (unpaired) electrons. The molecule has 4 nitrogen and oxygen atoms in total. The zero-order chi connectivity index (χ0) is 19.2. The Balaban J connectivity index is 1.84. The lowest BCUT2D eigenvalue weighted by Crippen LogP contribution is -2.27. The molecule has 0 fully saturated rings.